The lowest BCUT2D eigenvalue weighted by Gasteiger charge is -2.32. The summed E-state index contributed by atoms with van der Waals surface area (Å²) in [6, 6.07) is 8.74. The molecule has 3 aliphatic rings. The van der Waals surface area contributed by atoms with Gasteiger partial charge in [0, 0.05) is 37.5 Å². The number of nitrogens with zero attached hydrogens (tertiary/aromatic N) is 4. The number of hydrogen-bond donors (Lipinski definition) is 1. The quantitative estimate of drug-likeness (QED) is 0.570. The molecule has 2 fully saturated rings. The van der Waals surface area contributed by atoms with Crippen molar-refractivity contribution in [3.63, 3.8) is 0 Å². The van der Waals surface area contributed by atoms with Gasteiger partial charge in [-0.2, -0.15) is 5.10 Å². The number of piperidine rings is 2. The van der Waals surface area contributed by atoms with E-state index in [4.69, 9.17) is 0 Å². The Kier molecular flexibility index (Phi) is 5.59. The number of amides is 3. The van der Waals surface area contributed by atoms with E-state index in [-0.39, 0.29) is 36.5 Å². The Morgan fingerprint density at radius 2 is 1.92 bits per heavy atom. The van der Waals surface area contributed by atoms with E-state index in [0.717, 1.165) is 48.9 Å². The number of imide groups is 1. The lowest BCUT2D eigenvalue weighted by molar-refractivity contribution is -0.136. The minimum atomic E-state index is -0.693. The SMILES string of the molecule is Cn1ncc2c(CN3CCC(c4cc5c(cc4F)C(=O)N(C4CCC(=O)NC4=O)C5)CC3)cccc21. The van der Waals surface area contributed by atoms with E-state index in [1.807, 2.05) is 24.0 Å². The third-order valence-corrected chi connectivity index (χ3v) is 7.94. The van der Waals surface area contributed by atoms with Gasteiger partial charge in [0.15, 0.2) is 0 Å². The van der Waals surface area contributed by atoms with Crippen molar-refractivity contribution in [3.05, 3.63) is 64.6 Å². The van der Waals surface area contributed by atoms with Crippen molar-refractivity contribution in [2.75, 3.05) is 13.1 Å². The highest BCUT2D eigenvalue weighted by Gasteiger charge is 2.40. The van der Waals surface area contributed by atoms with E-state index in [0.29, 0.717) is 17.5 Å². The van der Waals surface area contributed by atoms with Gasteiger partial charge in [-0.1, -0.05) is 18.2 Å². The lowest BCUT2D eigenvalue weighted by Crippen LogP contribution is -2.52. The number of benzene rings is 2. The largest absolute Gasteiger partial charge is 0.322 e. The number of nitrogens with one attached hydrogen (secondary N) is 1. The van der Waals surface area contributed by atoms with E-state index in [2.05, 4.69) is 33.5 Å². The second-order valence-corrected chi connectivity index (χ2v) is 10.1. The number of likely N-dealkylation sites (tertiary alicyclic amines) is 1. The summed E-state index contributed by atoms with van der Waals surface area (Å²) in [5.74, 6) is -1.39. The number of carbonyl (C=O) groups is 3. The van der Waals surface area contributed by atoms with E-state index in [1.54, 1.807) is 0 Å². The zero-order chi connectivity index (χ0) is 25.0. The molecule has 6 rings (SSSR count). The molecule has 4 heterocycles. The second-order valence-electron chi connectivity index (χ2n) is 10.1. The van der Waals surface area contributed by atoms with Gasteiger partial charge in [-0.25, -0.2) is 4.39 Å². The summed E-state index contributed by atoms with van der Waals surface area (Å²) in [4.78, 5) is 40.6. The first kappa shape index (κ1) is 22.8. The first-order chi connectivity index (χ1) is 17.4. The first-order valence-electron chi connectivity index (χ1n) is 12.5. The summed E-state index contributed by atoms with van der Waals surface area (Å²) in [5.41, 5.74) is 4.09. The third kappa shape index (κ3) is 3.87. The Hall–Kier alpha value is -3.59. The van der Waals surface area contributed by atoms with Crippen LogP contribution < -0.4 is 5.32 Å². The molecular formula is C27H28FN5O3. The standard InChI is InChI=1S/C27H28FN5O3/c1-31-23-4-2-3-17(21(23)13-29-31)14-32-9-7-16(8-10-32)19-11-18-15-33(27(36)20(18)12-22(19)28)24-5-6-25(34)30-26(24)35/h2-4,11-13,16,24H,5-10,14-15H2,1H3,(H,30,34,35). The molecule has 0 radical (unpaired) electrons. The van der Waals surface area contributed by atoms with Crippen LogP contribution in [-0.2, 0) is 29.7 Å². The van der Waals surface area contributed by atoms with Crippen LogP contribution in [0.25, 0.3) is 10.9 Å². The van der Waals surface area contributed by atoms with Gasteiger partial charge in [-0.3, -0.25) is 29.3 Å². The molecule has 1 aromatic heterocycles. The average molecular weight is 490 g/mol. The zero-order valence-electron chi connectivity index (χ0n) is 20.2. The van der Waals surface area contributed by atoms with Gasteiger partial charge >= 0.3 is 0 Å². The van der Waals surface area contributed by atoms with Gasteiger partial charge in [0.2, 0.25) is 11.8 Å². The zero-order valence-corrected chi connectivity index (χ0v) is 20.2. The fourth-order valence-corrected chi connectivity index (χ4v) is 5.94. The van der Waals surface area contributed by atoms with Crippen LogP contribution in [0.15, 0.2) is 36.5 Å². The van der Waals surface area contributed by atoms with Gasteiger partial charge in [0.25, 0.3) is 5.91 Å². The number of halogens is 1. The predicted octanol–water partition coefficient (Wildman–Crippen LogP) is 2.85. The van der Waals surface area contributed by atoms with E-state index < -0.39 is 11.9 Å². The summed E-state index contributed by atoms with van der Waals surface area (Å²) in [6.07, 6.45) is 4.08. The van der Waals surface area contributed by atoms with Crippen molar-refractivity contribution in [2.45, 2.75) is 50.7 Å². The number of fused-ring (bicyclic) bond motifs is 2. The van der Waals surface area contributed by atoms with Crippen molar-refractivity contribution in [3.8, 4) is 0 Å². The van der Waals surface area contributed by atoms with Crippen LogP contribution >= 0.6 is 0 Å². The summed E-state index contributed by atoms with van der Waals surface area (Å²) in [6.45, 7) is 2.82. The molecule has 36 heavy (non-hydrogen) atoms. The molecule has 3 aliphatic heterocycles. The highest BCUT2D eigenvalue weighted by Crippen LogP contribution is 2.36. The second kappa shape index (κ2) is 8.81. The van der Waals surface area contributed by atoms with Crippen molar-refractivity contribution in [1.82, 2.24) is 24.9 Å². The van der Waals surface area contributed by atoms with Gasteiger partial charge in [-0.15, -0.1) is 0 Å². The van der Waals surface area contributed by atoms with Gasteiger partial charge in [-0.05, 0) is 67.1 Å². The highest BCUT2D eigenvalue weighted by atomic mass is 19.1. The molecule has 3 amide bonds. The predicted molar refractivity (Wildman–Crippen MR) is 130 cm³/mol. The summed E-state index contributed by atoms with van der Waals surface area (Å²) in [7, 11) is 1.94. The smallest absolute Gasteiger partial charge is 0.255 e. The molecule has 2 aromatic carbocycles. The van der Waals surface area contributed by atoms with E-state index in [1.165, 1.54) is 16.5 Å². The minimum absolute atomic E-state index is 0.0838. The lowest BCUT2D eigenvalue weighted by atomic mass is 9.87. The summed E-state index contributed by atoms with van der Waals surface area (Å²) < 4.78 is 17.1. The Morgan fingerprint density at radius 3 is 2.69 bits per heavy atom. The molecule has 3 aromatic rings. The van der Waals surface area contributed by atoms with Crippen LogP contribution in [0, 0.1) is 5.82 Å². The van der Waals surface area contributed by atoms with Crippen LogP contribution in [0.1, 0.15) is 58.6 Å². The number of aryl methyl sites for hydroxylation is 1. The highest BCUT2D eigenvalue weighted by molar-refractivity contribution is 6.05. The van der Waals surface area contributed by atoms with E-state index >= 15 is 4.39 Å². The molecule has 186 valence electrons. The Bertz CT molecular complexity index is 1390. The molecule has 0 aliphatic carbocycles. The molecule has 1 N–H and O–H groups in total. The van der Waals surface area contributed by atoms with Crippen LogP contribution in [0.2, 0.25) is 0 Å². The number of carbonyl (C=O) groups excluding carboxylic acids is 3. The van der Waals surface area contributed by atoms with Crippen molar-refractivity contribution < 1.29 is 18.8 Å². The summed E-state index contributed by atoms with van der Waals surface area (Å²) >= 11 is 0. The van der Waals surface area contributed by atoms with E-state index in [9.17, 15) is 14.4 Å². The molecule has 1 atom stereocenters. The maximum absolute atomic E-state index is 15.2. The normalized spacial score (nSPS) is 21.3. The Labute approximate surface area is 208 Å². The summed E-state index contributed by atoms with van der Waals surface area (Å²) in [5, 5.41) is 7.85. The molecule has 2 saturated heterocycles. The fourth-order valence-electron chi connectivity index (χ4n) is 5.94. The monoisotopic (exact) mass is 489 g/mol. The third-order valence-electron chi connectivity index (χ3n) is 7.94. The van der Waals surface area contributed by atoms with Gasteiger partial charge in [0.1, 0.15) is 11.9 Å². The first-order valence-corrected chi connectivity index (χ1v) is 12.5. The topological polar surface area (TPSA) is 87.5 Å². The molecular weight excluding hydrogens is 461 g/mol. The number of aromatic nitrogens is 2. The molecule has 9 heteroatoms. The molecule has 0 bridgehead atoms. The maximum atomic E-state index is 15.2. The van der Waals surface area contributed by atoms with Crippen LogP contribution in [0.4, 0.5) is 4.39 Å². The average Bonchev–Trinajstić information content (AvgIpc) is 3.40. The van der Waals surface area contributed by atoms with Gasteiger partial charge < -0.3 is 4.90 Å². The number of rotatable bonds is 4. The Morgan fingerprint density at radius 1 is 1.11 bits per heavy atom. The molecule has 8 nitrogen and oxygen atoms in total. The maximum Gasteiger partial charge on any atom is 0.255 e. The molecule has 0 spiro atoms. The molecule has 0 saturated carbocycles. The minimum Gasteiger partial charge on any atom is -0.322 e. The van der Waals surface area contributed by atoms with Crippen molar-refractivity contribution in [1.29, 1.82) is 0 Å². The van der Waals surface area contributed by atoms with Crippen molar-refractivity contribution >= 4 is 28.6 Å². The van der Waals surface area contributed by atoms with Crippen molar-refractivity contribution in [2.24, 2.45) is 7.05 Å². The van der Waals surface area contributed by atoms with Crippen LogP contribution in [0.5, 0.6) is 0 Å². The number of hydrogen-bond acceptors (Lipinski definition) is 5. The fraction of sp³-hybridized carbons (Fsp3) is 0.407. The van der Waals surface area contributed by atoms with Crippen LogP contribution in [0.3, 0.4) is 0 Å². The van der Waals surface area contributed by atoms with Gasteiger partial charge in [0.05, 0.1) is 11.7 Å². The molecule has 1 unspecified atom stereocenters. The Balaban J connectivity index is 1.15. The van der Waals surface area contributed by atoms with Crippen LogP contribution in [-0.4, -0.2) is 56.4 Å².